The molecule has 2 aromatic rings. The van der Waals surface area contributed by atoms with Gasteiger partial charge in [0.15, 0.2) is 0 Å². The van der Waals surface area contributed by atoms with Crippen LogP contribution in [0.1, 0.15) is 24.7 Å². The number of aryl methyl sites for hydroxylation is 1. The Kier molecular flexibility index (Phi) is 2.63. The summed E-state index contributed by atoms with van der Waals surface area (Å²) in [6.45, 7) is 2.11. The van der Waals surface area contributed by atoms with Gasteiger partial charge in [0.25, 0.3) is 0 Å². The van der Waals surface area contributed by atoms with E-state index in [4.69, 9.17) is 0 Å². The van der Waals surface area contributed by atoms with Gasteiger partial charge in [-0.05, 0) is 18.1 Å². The highest BCUT2D eigenvalue weighted by atomic mass is 16.2. The number of para-hydroxylation sites is 1. The van der Waals surface area contributed by atoms with Gasteiger partial charge < -0.3 is 4.98 Å². The Hall–Kier alpha value is -2.10. The summed E-state index contributed by atoms with van der Waals surface area (Å²) in [7, 11) is 0. The van der Waals surface area contributed by atoms with Crippen molar-refractivity contribution in [1.82, 2.24) is 9.97 Å². The van der Waals surface area contributed by atoms with E-state index in [1.165, 1.54) is 0 Å². The Labute approximate surface area is 106 Å². The van der Waals surface area contributed by atoms with Crippen LogP contribution in [-0.4, -0.2) is 15.9 Å². The molecular weight excluding hydrogens is 226 g/mol. The fraction of sp³-hybridized carbons (Fsp3) is 0.286. The zero-order chi connectivity index (χ0) is 12.5. The van der Waals surface area contributed by atoms with Crippen LogP contribution in [0.2, 0.25) is 0 Å². The summed E-state index contributed by atoms with van der Waals surface area (Å²) in [4.78, 5) is 21.3. The first-order valence-corrected chi connectivity index (χ1v) is 6.24. The van der Waals surface area contributed by atoms with Crippen LogP contribution in [0.5, 0.6) is 0 Å². The van der Waals surface area contributed by atoms with Crippen LogP contribution in [-0.2, 0) is 17.6 Å². The summed E-state index contributed by atoms with van der Waals surface area (Å²) in [5.74, 6) is 1.81. The average molecular weight is 241 g/mol. The van der Waals surface area contributed by atoms with E-state index in [0.29, 0.717) is 6.42 Å². The molecular formula is C14H15N3O. The summed E-state index contributed by atoms with van der Waals surface area (Å²) in [6.07, 6.45) is 4.16. The molecule has 0 fully saturated rings. The van der Waals surface area contributed by atoms with Crippen LogP contribution in [0, 0.1) is 0 Å². The second-order valence-electron chi connectivity index (χ2n) is 4.50. The van der Waals surface area contributed by atoms with Gasteiger partial charge in [-0.15, -0.1) is 0 Å². The van der Waals surface area contributed by atoms with E-state index in [0.717, 1.165) is 35.7 Å². The highest BCUT2D eigenvalue weighted by Gasteiger charge is 2.29. The SMILES string of the molecule is CCCc1ncc(N2C(=O)Cc3ccccc32)[nH]1. The van der Waals surface area contributed by atoms with E-state index in [1.54, 1.807) is 11.1 Å². The highest BCUT2D eigenvalue weighted by molar-refractivity contribution is 6.06. The number of aromatic nitrogens is 2. The predicted octanol–water partition coefficient (Wildman–Crippen LogP) is 2.58. The van der Waals surface area contributed by atoms with Crippen LogP contribution >= 0.6 is 0 Å². The molecule has 0 aliphatic carbocycles. The zero-order valence-electron chi connectivity index (χ0n) is 10.3. The van der Waals surface area contributed by atoms with E-state index in [9.17, 15) is 4.79 Å². The lowest BCUT2D eigenvalue weighted by Gasteiger charge is -2.14. The molecule has 0 saturated heterocycles. The number of carbonyl (C=O) groups is 1. The summed E-state index contributed by atoms with van der Waals surface area (Å²) in [5.41, 5.74) is 2.04. The smallest absolute Gasteiger partial charge is 0.237 e. The molecule has 1 aromatic heterocycles. The zero-order valence-corrected chi connectivity index (χ0v) is 10.3. The number of anilines is 2. The second-order valence-corrected chi connectivity index (χ2v) is 4.50. The molecule has 2 heterocycles. The van der Waals surface area contributed by atoms with Crippen LogP contribution in [0.4, 0.5) is 11.5 Å². The van der Waals surface area contributed by atoms with Crippen molar-refractivity contribution in [1.29, 1.82) is 0 Å². The third-order valence-electron chi connectivity index (χ3n) is 3.17. The molecule has 3 rings (SSSR count). The number of H-pyrrole nitrogens is 1. The quantitative estimate of drug-likeness (QED) is 0.897. The van der Waals surface area contributed by atoms with Crippen LogP contribution in [0.3, 0.4) is 0 Å². The molecule has 1 aliphatic heterocycles. The average Bonchev–Trinajstić information content (AvgIpc) is 2.92. The number of aromatic amines is 1. The molecule has 1 N–H and O–H groups in total. The number of nitrogens with one attached hydrogen (secondary N) is 1. The number of hydrogen-bond acceptors (Lipinski definition) is 2. The van der Waals surface area contributed by atoms with E-state index >= 15 is 0 Å². The molecule has 4 heteroatoms. The van der Waals surface area contributed by atoms with Crippen molar-refractivity contribution in [3.8, 4) is 0 Å². The fourth-order valence-electron chi connectivity index (χ4n) is 2.35. The maximum absolute atomic E-state index is 12.1. The topological polar surface area (TPSA) is 49.0 Å². The van der Waals surface area contributed by atoms with Gasteiger partial charge in [-0.3, -0.25) is 9.69 Å². The number of carbonyl (C=O) groups excluding carboxylic acids is 1. The van der Waals surface area contributed by atoms with Crippen LogP contribution < -0.4 is 4.90 Å². The van der Waals surface area contributed by atoms with Crippen molar-refractivity contribution in [2.75, 3.05) is 4.90 Å². The minimum Gasteiger partial charge on any atom is -0.328 e. The number of benzene rings is 1. The Balaban J connectivity index is 1.98. The minimum atomic E-state index is 0.0999. The molecule has 0 saturated carbocycles. The summed E-state index contributed by atoms with van der Waals surface area (Å²) >= 11 is 0. The number of hydrogen-bond donors (Lipinski definition) is 1. The Morgan fingerprint density at radius 3 is 3.06 bits per heavy atom. The van der Waals surface area contributed by atoms with Crippen molar-refractivity contribution in [3.05, 3.63) is 41.9 Å². The van der Waals surface area contributed by atoms with Crippen molar-refractivity contribution < 1.29 is 4.79 Å². The van der Waals surface area contributed by atoms with Crippen molar-refractivity contribution >= 4 is 17.4 Å². The largest absolute Gasteiger partial charge is 0.328 e. The van der Waals surface area contributed by atoms with Crippen molar-refractivity contribution in [2.45, 2.75) is 26.2 Å². The third-order valence-corrected chi connectivity index (χ3v) is 3.17. The number of fused-ring (bicyclic) bond motifs is 1. The lowest BCUT2D eigenvalue weighted by Crippen LogP contribution is -2.21. The summed E-state index contributed by atoms with van der Waals surface area (Å²) in [6, 6.07) is 7.88. The Morgan fingerprint density at radius 1 is 1.39 bits per heavy atom. The molecule has 0 bridgehead atoms. The molecule has 0 atom stereocenters. The van der Waals surface area contributed by atoms with Crippen molar-refractivity contribution in [3.63, 3.8) is 0 Å². The van der Waals surface area contributed by atoms with Gasteiger partial charge in [-0.25, -0.2) is 4.98 Å². The van der Waals surface area contributed by atoms with Gasteiger partial charge in [0.2, 0.25) is 5.91 Å². The normalized spacial score (nSPS) is 14.1. The van der Waals surface area contributed by atoms with Gasteiger partial charge in [-0.2, -0.15) is 0 Å². The Morgan fingerprint density at radius 2 is 2.22 bits per heavy atom. The molecule has 92 valence electrons. The lowest BCUT2D eigenvalue weighted by molar-refractivity contribution is -0.116. The minimum absolute atomic E-state index is 0.0999. The third kappa shape index (κ3) is 1.70. The molecule has 18 heavy (non-hydrogen) atoms. The molecule has 0 unspecified atom stereocenters. The van der Waals surface area contributed by atoms with Gasteiger partial charge in [0, 0.05) is 6.42 Å². The van der Waals surface area contributed by atoms with Gasteiger partial charge in [-0.1, -0.05) is 25.1 Å². The number of amides is 1. The predicted molar refractivity (Wildman–Crippen MR) is 69.9 cm³/mol. The molecule has 0 spiro atoms. The molecule has 1 aromatic carbocycles. The van der Waals surface area contributed by atoms with Crippen LogP contribution in [0.15, 0.2) is 30.5 Å². The van der Waals surface area contributed by atoms with E-state index in [1.807, 2.05) is 24.3 Å². The fourth-order valence-corrected chi connectivity index (χ4v) is 2.35. The molecule has 4 nitrogen and oxygen atoms in total. The first-order chi connectivity index (χ1) is 8.79. The molecule has 0 radical (unpaired) electrons. The van der Waals surface area contributed by atoms with Gasteiger partial charge >= 0.3 is 0 Å². The maximum Gasteiger partial charge on any atom is 0.237 e. The van der Waals surface area contributed by atoms with Gasteiger partial charge in [0.1, 0.15) is 11.6 Å². The number of imidazole rings is 1. The van der Waals surface area contributed by atoms with Gasteiger partial charge in [0.05, 0.1) is 18.3 Å². The first kappa shape index (κ1) is 11.0. The maximum atomic E-state index is 12.1. The standard InChI is InChI=1S/C14H15N3O/c1-2-5-12-15-9-13(16-12)17-11-7-4-3-6-10(11)8-14(17)18/h3-4,6-7,9H,2,5,8H2,1H3,(H,15,16). The van der Waals surface area contributed by atoms with E-state index in [-0.39, 0.29) is 5.91 Å². The summed E-state index contributed by atoms with van der Waals surface area (Å²) < 4.78 is 0. The van der Waals surface area contributed by atoms with Crippen molar-refractivity contribution in [2.24, 2.45) is 0 Å². The number of rotatable bonds is 3. The molecule has 1 amide bonds. The summed E-state index contributed by atoms with van der Waals surface area (Å²) in [5, 5.41) is 0. The second kappa shape index (κ2) is 4.29. The van der Waals surface area contributed by atoms with Crippen LogP contribution in [0.25, 0.3) is 0 Å². The van der Waals surface area contributed by atoms with E-state index < -0.39 is 0 Å². The van der Waals surface area contributed by atoms with E-state index in [2.05, 4.69) is 16.9 Å². The Bertz CT molecular complexity index is 588. The lowest BCUT2D eigenvalue weighted by atomic mass is 10.2. The first-order valence-electron chi connectivity index (χ1n) is 6.24. The number of nitrogens with zero attached hydrogens (tertiary/aromatic N) is 2. The molecule has 1 aliphatic rings. The monoisotopic (exact) mass is 241 g/mol. The highest BCUT2D eigenvalue weighted by Crippen LogP contribution is 2.33.